The molecule has 1 atom stereocenters. The lowest BCUT2D eigenvalue weighted by Gasteiger charge is -2.35. The molecule has 0 aliphatic carbocycles. The van der Waals surface area contributed by atoms with Gasteiger partial charge < -0.3 is 20.4 Å². The van der Waals surface area contributed by atoms with Crippen LogP contribution in [0, 0.1) is 0 Å². The molecule has 0 spiro atoms. The summed E-state index contributed by atoms with van der Waals surface area (Å²) in [5, 5.41) is 6.91. The molecule has 1 aliphatic heterocycles. The van der Waals surface area contributed by atoms with Crippen LogP contribution in [0.4, 0.5) is 4.39 Å². The minimum atomic E-state index is -0.275. The van der Waals surface area contributed by atoms with Gasteiger partial charge in [0.2, 0.25) is 0 Å². The Bertz CT molecular complexity index is 1150. The first-order valence-electron chi connectivity index (χ1n) is 13.1. The van der Waals surface area contributed by atoms with Crippen LogP contribution in [-0.2, 0) is 0 Å². The summed E-state index contributed by atoms with van der Waals surface area (Å²) in [6, 6.07) is 10.1. The normalized spacial score (nSPS) is 16.6. The highest BCUT2D eigenvalue weighted by molar-refractivity contribution is 6.08. The van der Waals surface area contributed by atoms with Crippen LogP contribution in [0.2, 0.25) is 0 Å². The minimum Gasteiger partial charge on any atom is -0.364 e. The summed E-state index contributed by atoms with van der Waals surface area (Å²) in [7, 11) is 3.64. The summed E-state index contributed by atoms with van der Waals surface area (Å²) >= 11 is 0. The summed E-state index contributed by atoms with van der Waals surface area (Å²) in [5.74, 6) is -0.275. The molecule has 0 amide bonds. The topological polar surface area (TPSA) is 42.9 Å². The van der Waals surface area contributed by atoms with E-state index in [0.717, 1.165) is 58.1 Å². The molecule has 204 valence electrons. The minimum absolute atomic E-state index is 0.200. The molecule has 0 fully saturated rings. The molecule has 1 heterocycles. The van der Waals surface area contributed by atoms with Gasteiger partial charge in [0, 0.05) is 43.9 Å². The van der Waals surface area contributed by atoms with Gasteiger partial charge in [0.1, 0.15) is 12.0 Å². The average Bonchev–Trinajstić information content (AvgIpc) is 2.90. The van der Waals surface area contributed by atoms with Crippen molar-refractivity contribution in [3.8, 4) is 0 Å². The molecule has 1 aromatic rings. The molecule has 0 saturated carbocycles. The molecule has 0 radical (unpaired) electrons. The predicted molar refractivity (Wildman–Crippen MR) is 161 cm³/mol. The van der Waals surface area contributed by atoms with Crippen LogP contribution in [0.1, 0.15) is 39.7 Å². The summed E-state index contributed by atoms with van der Waals surface area (Å²) < 4.78 is 13.7. The second-order valence-corrected chi connectivity index (χ2v) is 9.42. The highest BCUT2D eigenvalue weighted by Crippen LogP contribution is 2.28. The van der Waals surface area contributed by atoms with Gasteiger partial charge in [-0.2, -0.15) is 0 Å². The lowest BCUT2D eigenvalue weighted by molar-refractivity contribution is 0.323. The predicted octanol–water partition coefficient (Wildman–Crippen LogP) is 6.46. The van der Waals surface area contributed by atoms with Crippen molar-refractivity contribution in [2.24, 2.45) is 4.99 Å². The molecule has 1 unspecified atom stereocenters. The molecule has 0 bridgehead atoms. The summed E-state index contributed by atoms with van der Waals surface area (Å²) in [6.07, 6.45) is 7.45. The smallest absolute Gasteiger partial charge is 0.138 e. The number of rotatable bonds is 14. The van der Waals surface area contributed by atoms with Gasteiger partial charge in [0.15, 0.2) is 0 Å². The van der Waals surface area contributed by atoms with Crippen molar-refractivity contribution in [1.29, 1.82) is 0 Å². The number of nitrogens with one attached hydrogen (secondary N) is 2. The van der Waals surface area contributed by atoms with E-state index in [4.69, 9.17) is 0 Å². The van der Waals surface area contributed by atoms with Crippen LogP contribution in [0.5, 0.6) is 0 Å². The summed E-state index contributed by atoms with van der Waals surface area (Å²) in [4.78, 5) is 8.58. The number of hydrogen-bond acceptors (Lipinski definition) is 5. The van der Waals surface area contributed by atoms with Crippen molar-refractivity contribution in [2.45, 2.75) is 40.3 Å². The van der Waals surface area contributed by atoms with E-state index in [1.807, 2.05) is 32.2 Å². The van der Waals surface area contributed by atoms with Gasteiger partial charge in [-0.25, -0.2) is 4.39 Å². The average molecular weight is 518 g/mol. The van der Waals surface area contributed by atoms with E-state index in [0.29, 0.717) is 13.1 Å². The van der Waals surface area contributed by atoms with Gasteiger partial charge in [-0.15, -0.1) is 0 Å². The number of benzene rings is 1. The largest absolute Gasteiger partial charge is 0.364 e. The lowest BCUT2D eigenvalue weighted by Crippen LogP contribution is -2.42. The maximum atomic E-state index is 13.7. The summed E-state index contributed by atoms with van der Waals surface area (Å²) in [5.41, 5.74) is 7.82. The molecule has 5 nitrogen and oxygen atoms in total. The maximum Gasteiger partial charge on any atom is 0.138 e. The van der Waals surface area contributed by atoms with E-state index >= 15 is 0 Å². The van der Waals surface area contributed by atoms with E-state index in [1.165, 1.54) is 12.3 Å². The molecule has 1 aromatic carbocycles. The molecule has 6 heteroatoms. The first kappa shape index (κ1) is 30.6. The molecule has 0 aromatic heterocycles. The van der Waals surface area contributed by atoms with Crippen LogP contribution < -0.4 is 10.6 Å². The molecule has 1 aliphatic rings. The third-order valence-electron chi connectivity index (χ3n) is 6.35. The van der Waals surface area contributed by atoms with Crippen molar-refractivity contribution >= 4 is 5.71 Å². The summed E-state index contributed by atoms with van der Waals surface area (Å²) in [6.45, 7) is 23.4. The van der Waals surface area contributed by atoms with Gasteiger partial charge in [0.25, 0.3) is 0 Å². The van der Waals surface area contributed by atoms with Crippen molar-refractivity contribution in [3.05, 3.63) is 120 Å². The molecule has 2 rings (SSSR count). The van der Waals surface area contributed by atoms with E-state index in [2.05, 4.69) is 79.2 Å². The van der Waals surface area contributed by atoms with Crippen molar-refractivity contribution in [2.75, 3.05) is 33.7 Å². The zero-order valence-corrected chi connectivity index (χ0v) is 23.9. The Morgan fingerprint density at radius 3 is 2.39 bits per heavy atom. The Hall–Kier alpha value is -3.64. The number of halogens is 1. The van der Waals surface area contributed by atoms with E-state index in [9.17, 15) is 4.39 Å². The first-order chi connectivity index (χ1) is 18.1. The molecule has 38 heavy (non-hydrogen) atoms. The highest BCUT2D eigenvalue weighted by Gasteiger charge is 2.22. The Labute approximate surface area is 229 Å². The van der Waals surface area contributed by atoms with Crippen LogP contribution in [0.25, 0.3) is 0 Å². The van der Waals surface area contributed by atoms with Gasteiger partial charge >= 0.3 is 0 Å². The maximum absolute atomic E-state index is 13.7. The van der Waals surface area contributed by atoms with Gasteiger partial charge in [-0.3, -0.25) is 4.99 Å². The Morgan fingerprint density at radius 2 is 1.84 bits per heavy atom. The van der Waals surface area contributed by atoms with Gasteiger partial charge in [-0.05, 0) is 67.3 Å². The number of allylic oxidation sites excluding steroid dienone is 5. The Kier molecular flexibility index (Phi) is 12.0. The monoisotopic (exact) mass is 517 g/mol. The lowest BCUT2D eigenvalue weighted by atomic mass is 9.98. The fourth-order valence-electron chi connectivity index (χ4n) is 4.26. The quantitative estimate of drug-likeness (QED) is 0.220. The standard InChI is InChI=1S/C32H44FN5/c1-10-24(5)29(20-35-11-2)32(23(3)4)38(21-25(6)36-31-18-17-28(33)22-37(31)9)26(7)19-30(34-8)27-15-13-12-14-16-27/h12-19,22,31,35-36H,3,5-6,10-11,20-21H2,1-2,4,7-9H3/b26-19+,32-29-,34-30?. The highest BCUT2D eigenvalue weighted by atomic mass is 19.1. The van der Waals surface area contributed by atoms with Crippen LogP contribution in [-0.4, -0.2) is 55.4 Å². The molecule has 0 saturated heterocycles. The fraction of sp³-hybridized carbons (Fsp3) is 0.344. The van der Waals surface area contributed by atoms with Crippen LogP contribution >= 0.6 is 0 Å². The molecular weight excluding hydrogens is 473 g/mol. The van der Waals surface area contributed by atoms with Crippen LogP contribution in [0.3, 0.4) is 0 Å². The van der Waals surface area contributed by atoms with Crippen molar-refractivity contribution in [3.63, 3.8) is 0 Å². The van der Waals surface area contributed by atoms with E-state index < -0.39 is 0 Å². The second kappa shape index (κ2) is 14.9. The number of hydrogen-bond donors (Lipinski definition) is 2. The Balaban J connectivity index is 2.57. The number of aliphatic imine (C=N–C) groups is 1. The zero-order valence-electron chi connectivity index (χ0n) is 23.9. The third-order valence-corrected chi connectivity index (χ3v) is 6.35. The van der Waals surface area contributed by atoms with E-state index in [-0.39, 0.29) is 12.0 Å². The van der Waals surface area contributed by atoms with Gasteiger partial charge in [0.05, 0.1) is 12.3 Å². The zero-order chi connectivity index (χ0) is 28.2. The second-order valence-electron chi connectivity index (χ2n) is 9.42. The molecule has 2 N–H and O–H groups in total. The van der Waals surface area contributed by atoms with Gasteiger partial charge in [-0.1, -0.05) is 63.9 Å². The third kappa shape index (κ3) is 8.45. The van der Waals surface area contributed by atoms with Crippen LogP contribution in [0.15, 0.2) is 119 Å². The first-order valence-corrected chi connectivity index (χ1v) is 13.1. The molecular formula is C32H44FN5. The number of nitrogens with zero attached hydrogens (tertiary/aromatic N) is 3. The van der Waals surface area contributed by atoms with Crippen molar-refractivity contribution in [1.82, 2.24) is 20.4 Å². The SMILES string of the molecule is C=C(CN(/C(C)=C/C(=NC)c1ccccc1)/C(C(=C)C)=C(/CNCC)C(=C)CC)NC1C=CC(F)=CN1C. The fourth-order valence-corrected chi connectivity index (χ4v) is 4.26. The Morgan fingerprint density at radius 1 is 1.16 bits per heavy atom. The van der Waals surface area contributed by atoms with Crippen molar-refractivity contribution < 1.29 is 4.39 Å². The number of likely N-dealkylation sites (N-methyl/N-ethyl adjacent to an activating group) is 2. The van der Waals surface area contributed by atoms with E-state index in [1.54, 1.807) is 18.0 Å².